The van der Waals surface area contributed by atoms with Gasteiger partial charge in [0.25, 0.3) is 0 Å². The molecule has 1 aromatic carbocycles. The standard InChI is InChI=1S/C13H10F7NO/c1-22-10(9-4-2-8(7-21)3-5-9)6-11(14,15)12(16,17)13(18,19)20/h2-5,10H,6H2,1H3. The molecule has 1 aromatic rings. The lowest BCUT2D eigenvalue weighted by atomic mass is 9.98. The highest BCUT2D eigenvalue weighted by Crippen LogP contribution is 2.50. The number of nitriles is 1. The Balaban J connectivity index is 3.04. The van der Waals surface area contributed by atoms with E-state index in [1.54, 1.807) is 6.07 Å². The van der Waals surface area contributed by atoms with Crippen molar-refractivity contribution in [3.8, 4) is 6.07 Å². The van der Waals surface area contributed by atoms with Crippen LogP contribution >= 0.6 is 0 Å². The molecule has 122 valence electrons. The van der Waals surface area contributed by atoms with E-state index in [9.17, 15) is 30.7 Å². The Labute approximate surface area is 121 Å². The number of ether oxygens (including phenoxy) is 1. The molecule has 0 bridgehead atoms. The Morgan fingerprint density at radius 1 is 1.05 bits per heavy atom. The van der Waals surface area contributed by atoms with Gasteiger partial charge in [0, 0.05) is 13.5 Å². The Kier molecular flexibility index (Phi) is 5.07. The van der Waals surface area contributed by atoms with Gasteiger partial charge in [-0.15, -0.1) is 0 Å². The molecular weight excluding hydrogens is 319 g/mol. The zero-order chi connectivity index (χ0) is 17.2. The van der Waals surface area contributed by atoms with Crippen LogP contribution in [0, 0.1) is 11.3 Å². The highest BCUT2D eigenvalue weighted by Gasteiger charge is 2.73. The van der Waals surface area contributed by atoms with Crippen LogP contribution in [-0.2, 0) is 4.74 Å². The molecule has 0 aliphatic heterocycles. The molecule has 1 atom stereocenters. The van der Waals surface area contributed by atoms with Crippen LogP contribution in [0.5, 0.6) is 0 Å². The number of methoxy groups -OCH3 is 1. The minimum Gasteiger partial charge on any atom is -0.377 e. The molecule has 0 saturated carbocycles. The summed E-state index contributed by atoms with van der Waals surface area (Å²) in [6.45, 7) is 0. The van der Waals surface area contributed by atoms with Crippen molar-refractivity contribution >= 4 is 0 Å². The molecule has 2 nitrogen and oxygen atoms in total. The normalized spacial score (nSPS) is 14.5. The highest BCUT2D eigenvalue weighted by atomic mass is 19.4. The zero-order valence-corrected chi connectivity index (χ0v) is 11.1. The number of halogens is 7. The fourth-order valence-electron chi connectivity index (χ4n) is 1.68. The van der Waals surface area contributed by atoms with E-state index >= 15 is 0 Å². The Bertz CT molecular complexity index is 545. The fourth-order valence-corrected chi connectivity index (χ4v) is 1.68. The van der Waals surface area contributed by atoms with Gasteiger partial charge in [-0.2, -0.15) is 36.0 Å². The topological polar surface area (TPSA) is 33.0 Å². The van der Waals surface area contributed by atoms with Gasteiger partial charge in [0.2, 0.25) is 0 Å². The molecular formula is C13H10F7NO. The van der Waals surface area contributed by atoms with E-state index in [-0.39, 0.29) is 11.1 Å². The first-order valence-electron chi connectivity index (χ1n) is 5.81. The average molecular weight is 329 g/mol. The van der Waals surface area contributed by atoms with Crippen LogP contribution in [-0.4, -0.2) is 25.1 Å². The van der Waals surface area contributed by atoms with E-state index in [1.807, 2.05) is 0 Å². The lowest BCUT2D eigenvalue weighted by Crippen LogP contribution is -2.52. The van der Waals surface area contributed by atoms with Gasteiger partial charge >= 0.3 is 18.0 Å². The van der Waals surface area contributed by atoms with Crippen molar-refractivity contribution in [1.82, 2.24) is 0 Å². The van der Waals surface area contributed by atoms with Crippen LogP contribution in [0.3, 0.4) is 0 Å². The second-order valence-electron chi connectivity index (χ2n) is 4.44. The number of benzene rings is 1. The second-order valence-corrected chi connectivity index (χ2v) is 4.44. The van der Waals surface area contributed by atoms with Crippen LogP contribution in [0.1, 0.15) is 23.7 Å². The Morgan fingerprint density at radius 3 is 1.91 bits per heavy atom. The van der Waals surface area contributed by atoms with Crippen molar-refractivity contribution in [3.05, 3.63) is 35.4 Å². The number of hydrogen-bond donors (Lipinski definition) is 0. The monoisotopic (exact) mass is 329 g/mol. The first kappa shape index (κ1) is 18.2. The van der Waals surface area contributed by atoms with E-state index in [0.29, 0.717) is 0 Å². The molecule has 1 rings (SSSR count). The van der Waals surface area contributed by atoms with Crippen molar-refractivity contribution < 1.29 is 35.5 Å². The minimum absolute atomic E-state index is 0.0425. The smallest absolute Gasteiger partial charge is 0.377 e. The molecule has 0 heterocycles. The summed E-state index contributed by atoms with van der Waals surface area (Å²) in [6.07, 6.45) is -9.92. The van der Waals surface area contributed by atoms with Crippen molar-refractivity contribution in [3.63, 3.8) is 0 Å². The van der Waals surface area contributed by atoms with Gasteiger partial charge in [0.05, 0.1) is 17.7 Å². The summed E-state index contributed by atoms with van der Waals surface area (Å²) in [6, 6.07) is 6.46. The quantitative estimate of drug-likeness (QED) is 0.747. The molecule has 0 aromatic heterocycles. The summed E-state index contributed by atoms with van der Waals surface area (Å²) in [4.78, 5) is 0. The molecule has 0 fully saturated rings. The first-order valence-corrected chi connectivity index (χ1v) is 5.81. The van der Waals surface area contributed by atoms with E-state index < -0.39 is 30.5 Å². The minimum atomic E-state index is -6.38. The van der Waals surface area contributed by atoms with Crippen molar-refractivity contribution in [2.24, 2.45) is 0 Å². The largest absolute Gasteiger partial charge is 0.459 e. The third-order valence-corrected chi connectivity index (χ3v) is 2.95. The molecule has 0 saturated heterocycles. The maximum atomic E-state index is 13.4. The predicted octanol–water partition coefficient (Wildman–Crippen LogP) is 4.47. The average Bonchev–Trinajstić information content (AvgIpc) is 2.43. The molecule has 0 amide bonds. The third-order valence-electron chi connectivity index (χ3n) is 2.95. The molecule has 1 unspecified atom stereocenters. The van der Waals surface area contributed by atoms with Gasteiger partial charge in [-0.1, -0.05) is 12.1 Å². The molecule has 0 aliphatic carbocycles. The maximum Gasteiger partial charge on any atom is 0.459 e. The van der Waals surface area contributed by atoms with E-state index in [1.165, 1.54) is 12.1 Å². The van der Waals surface area contributed by atoms with Gasteiger partial charge in [0.1, 0.15) is 0 Å². The van der Waals surface area contributed by atoms with Gasteiger partial charge in [0.15, 0.2) is 0 Å². The fraction of sp³-hybridized carbons (Fsp3) is 0.462. The van der Waals surface area contributed by atoms with E-state index in [4.69, 9.17) is 5.26 Å². The number of alkyl halides is 7. The second kappa shape index (κ2) is 6.12. The summed E-state index contributed by atoms with van der Waals surface area (Å²) in [7, 11) is 0.907. The molecule has 0 spiro atoms. The van der Waals surface area contributed by atoms with Crippen molar-refractivity contribution in [2.75, 3.05) is 7.11 Å². The molecule has 22 heavy (non-hydrogen) atoms. The van der Waals surface area contributed by atoms with E-state index in [0.717, 1.165) is 19.2 Å². The van der Waals surface area contributed by atoms with Gasteiger partial charge < -0.3 is 4.74 Å². The molecule has 0 radical (unpaired) electrons. The van der Waals surface area contributed by atoms with Crippen LogP contribution in [0.15, 0.2) is 24.3 Å². The third kappa shape index (κ3) is 3.50. The number of nitrogens with zero attached hydrogens (tertiary/aromatic N) is 1. The molecule has 0 N–H and O–H groups in total. The number of rotatable bonds is 5. The SMILES string of the molecule is COC(CC(F)(F)C(F)(F)C(F)(F)F)c1ccc(C#N)cc1. The highest BCUT2D eigenvalue weighted by molar-refractivity contribution is 5.32. The summed E-state index contributed by atoms with van der Waals surface area (Å²) in [5.74, 6) is -11.5. The van der Waals surface area contributed by atoms with Gasteiger partial charge in [-0.25, -0.2) is 0 Å². The lowest BCUT2D eigenvalue weighted by molar-refractivity contribution is -0.358. The summed E-state index contributed by atoms with van der Waals surface area (Å²) in [5, 5.41) is 8.58. The molecule has 9 heteroatoms. The number of hydrogen-bond acceptors (Lipinski definition) is 2. The van der Waals surface area contributed by atoms with Crippen LogP contribution in [0.2, 0.25) is 0 Å². The van der Waals surface area contributed by atoms with Crippen LogP contribution in [0.4, 0.5) is 30.7 Å². The van der Waals surface area contributed by atoms with Crippen molar-refractivity contribution in [1.29, 1.82) is 5.26 Å². The van der Waals surface area contributed by atoms with Crippen molar-refractivity contribution in [2.45, 2.75) is 30.5 Å². The van der Waals surface area contributed by atoms with Gasteiger partial charge in [-0.05, 0) is 17.7 Å². The Hall–Kier alpha value is -1.82. The lowest BCUT2D eigenvalue weighted by Gasteiger charge is -2.30. The molecule has 0 aliphatic rings. The zero-order valence-electron chi connectivity index (χ0n) is 11.1. The maximum absolute atomic E-state index is 13.4. The predicted molar refractivity (Wildman–Crippen MR) is 61.5 cm³/mol. The Morgan fingerprint density at radius 2 is 1.55 bits per heavy atom. The van der Waals surface area contributed by atoms with Gasteiger partial charge in [-0.3, -0.25) is 0 Å². The summed E-state index contributed by atoms with van der Waals surface area (Å²) in [5.41, 5.74) is 0.130. The van der Waals surface area contributed by atoms with Crippen LogP contribution in [0.25, 0.3) is 0 Å². The summed E-state index contributed by atoms with van der Waals surface area (Å²) >= 11 is 0. The first-order chi connectivity index (χ1) is 9.96. The van der Waals surface area contributed by atoms with E-state index in [2.05, 4.69) is 4.74 Å². The van der Waals surface area contributed by atoms with Crippen LogP contribution < -0.4 is 0 Å². The summed E-state index contributed by atoms with van der Waals surface area (Å²) < 4.78 is 93.3.